The van der Waals surface area contributed by atoms with E-state index in [9.17, 15) is 14.4 Å². The quantitative estimate of drug-likeness (QED) is 0.385. The molecule has 0 unspecified atom stereocenters. The summed E-state index contributed by atoms with van der Waals surface area (Å²) in [6.45, 7) is 1.90. The van der Waals surface area contributed by atoms with Crippen LogP contribution in [-0.4, -0.2) is 42.6 Å². The fourth-order valence-corrected chi connectivity index (χ4v) is 3.34. The van der Waals surface area contributed by atoms with Crippen LogP contribution < -0.4 is 5.32 Å². The van der Waals surface area contributed by atoms with Crippen molar-refractivity contribution in [3.63, 3.8) is 0 Å². The average molecular weight is 455 g/mol. The lowest BCUT2D eigenvalue weighted by molar-refractivity contribution is -0.143. The maximum atomic E-state index is 12.8. The Balaban J connectivity index is 1.68. The standard InChI is InChI=1S/C24H23ClN2O5/c1-2-31-23(29)12-7-13-26-22(28)15-32-24(30)18-14-21(17-9-3-5-10-19(17)25)27-20-11-6-4-8-16(18)20/h3-6,8-11,14H,2,7,12-13,15H2,1H3,(H,26,28). The van der Waals surface area contributed by atoms with E-state index in [0.717, 1.165) is 0 Å². The van der Waals surface area contributed by atoms with Crippen LogP contribution in [0, 0.1) is 0 Å². The van der Waals surface area contributed by atoms with Crippen LogP contribution in [0.1, 0.15) is 30.1 Å². The van der Waals surface area contributed by atoms with Gasteiger partial charge in [-0.25, -0.2) is 9.78 Å². The third-order valence-electron chi connectivity index (χ3n) is 4.61. The second-order valence-corrected chi connectivity index (χ2v) is 7.29. The van der Waals surface area contributed by atoms with Crippen LogP contribution in [0.15, 0.2) is 54.6 Å². The van der Waals surface area contributed by atoms with Crippen molar-refractivity contribution in [2.75, 3.05) is 19.8 Å². The lowest BCUT2D eigenvalue weighted by Crippen LogP contribution is -2.30. The molecule has 3 rings (SSSR count). The second-order valence-electron chi connectivity index (χ2n) is 6.89. The van der Waals surface area contributed by atoms with E-state index in [1.165, 1.54) is 0 Å². The zero-order chi connectivity index (χ0) is 22.9. The number of nitrogens with zero attached hydrogens (tertiary/aromatic N) is 1. The van der Waals surface area contributed by atoms with Crippen molar-refractivity contribution < 1.29 is 23.9 Å². The van der Waals surface area contributed by atoms with E-state index in [1.807, 2.05) is 24.3 Å². The molecule has 32 heavy (non-hydrogen) atoms. The van der Waals surface area contributed by atoms with Gasteiger partial charge < -0.3 is 14.8 Å². The number of pyridine rings is 1. The van der Waals surface area contributed by atoms with Crippen LogP contribution in [0.4, 0.5) is 0 Å². The Labute approximate surface area is 190 Å². The second kappa shape index (κ2) is 11.2. The van der Waals surface area contributed by atoms with Crippen LogP contribution in [0.2, 0.25) is 5.02 Å². The van der Waals surface area contributed by atoms with Crippen molar-refractivity contribution in [1.82, 2.24) is 10.3 Å². The molecule has 0 bridgehead atoms. The number of fused-ring (bicyclic) bond motifs is 1. The predicted molar refractivity (Wildman–Crippen MR) is 121 cm³/mol. The summed E-state index contributed by atoms with van der Waals surface area (Å²) in [7, 11) is 0. The van der Waals surface area contributed by atoms with E-state index in [4.69, 9.17) is 21.1 Å². The van der Waals surface area contributed by atoms with Gasteiger partial charge in [0.2, 0.25) is 0 Å². The van der Waals surface area contributed by atoms with Crippen molar-refractivity contribution in [2.45, 2.75) is 19.8 Å². The van der Waals surface area contributed by atoms with Crippen LogP contribution >= 0.6 is 11.6 Å². The Morgan fingerprint density at radius 3 is 2.56 bits per heavy atom. The minimum absolute atomic E-state index is 0.210. The third-order valence-corrected chi connectivity index (χ3v) is 4.94. The lowest BCUT2D eigenvalue weighted by atomic mass is 10.0. The van der Waals surface area contributed by atoms with E-state index in [-0.39, 0.29) is 18.9 Å². The van der Waals surface area contributed by atoms with E-state index in [0.29, 0.717) is 45.8 Å². The van der Waals surface area contributed by atoms with Gasteiger partial charge in [-0.1, -0.05) is 48.0 Å². The molecule has 2 aromatic carbocycles. The van der Waals surface area contributed by atoms with E-state index >= 15 is 0 Å². The number of benzene rings is 2. The van der Waals surface area contributed by atoms with Crippen molar-refractivity contribution in [3.8, 4) is 11.3 Å². The van der Waals surface area contributed by atoms with Gasteiger partial charge in [0.05, 0.1) is 23.4 Å². The van der Waals surface area contributed by atoms with E-state index < -0.39 is 18.5 Å². The molecule has 0 radical (unpaired) electrons. The Morgan fingerprint density at radius 2 is 1.78 bits per heavy atom. The van der Waals surface area contributed by atoms with Crippen molar-refractivity contribution >= 4 is 40.3 Å². The highest BCUT2D eigenvalue weighted by Gasteiger charge is 2.17. The Morgan fingerprint density at radius 1 is 1.03 bits per heavy atom. The van der Waals surface area contributed by atoms with Crippen molar-refractivity contribution in [2.24, 2.45) is 0 Å². The molecule has 1 N–H and O–H groups in total. The summed E-state index contributed by atoms with van der Waals surface area (Å²) in [6.07, 6.45) is 0.649. The van der Waals surface area contributed by atoms with Gasteiger partial charge in [0.15, 0.2) is 6.61 Å². The summed E-state index contributed by atoms with van der Waals surface area (Å²) < 4.78 is 10.1. The number of carbonyl (C=O) groups is 3. The van der Waals surface area contributed by atoms with Gasteiger partial charge in [-0.2, -0.15) is 0 Å². The van der Waals surface area contributed by atoms with Crippen molar-refractivity contribution in [3.05, 3.63) is 65.2 Å². The smallest absolute Gasteiger partial charge is 0.339 e. The monoisotopic (exact) mass is 454 g/mol. The molecule has 166 valence electrons. The van der Waals surface area contributed by atoms with Gasteiger partial charge in [-0.15, -0.1) is 0 Å². The van der Waals surface area contributed by atoms with Gasteiger partial charge in [0, 0.05) is 28.9 Å². The Bertz CT molecular complexity index is 1130. The SMILES string of the molecule is CCOC(=O)CCCNC(=O)COC(=O)c1cc(-c2ccccc2Cl)nc2ccccc12. The average Bonchev–Trinajstić information content (AvgIpc) is 2.80. The molecule has 0 aliphatic rings. The first-order chi connectivity index (χ1) is 15.5. The number of esters is 2. The highest BCUT2D eigenvalue weighted by atomic mass is 35.5. The largest absolute Gasteiger partial charge is 0.466 e. The summed E-state index contributed by atoms with van der Waals surface area (Å²) in [5.41, 5.74) is 2.12. The molecular formula is C24H23ClN2O5. The van der Waals surface area contributed by atoms with Crippen LogP contribution in [0.5, 0.6) is 0 Å². The maximum absolute atomic E-state index is 12.8. The lowest BCUT2D eigenvalue weighted by Gasteiger charge is -2.11. The van der Waals surface area contributed by atoms with Crippen LogP contribution in [0.3, 0.4) is 0 Å². The number of carbonyl (C=O) groups excluding carboxylic acids is 3. The summed E-state index contributed by atoms with van der Waals surface area (Å²) in [5.74, 6) is -1.41. The number of halogens is 1. The zero-order valence-corrected chi connectivity index (χ0v) is 18.4. The summed E-state index contributed by atoms with van der Waals surface area (Å²) in [4.78, 5) is 40.7. The number of hydrogen-bond acceptors (Lipinski definition) is 6. The number of ether oxygens (including phenoxy) is 2. The minimum atomic E-state index is -0.640. The molecule has 0 saturated heterocycles. The fourth-order valence-electron chi connectivity index (χ4n) is 3.10. The molecule has 0 aliphatic carbocycles. The Hall–Kier alpha value is -3.45. The molecule has 0 aliphatic heterocycles. The van der Waals surface area contributed by atoms with Crippen LogP contribution in [-0.2, 0) is 19.1 Å². The molecule has 1 aromatic heterocycles. The summed E-state index contributed by atoms with van der Waals surface area (Å²) in [5, 5.41) is 3.74. The maximum Gasteiger partial charge on any atom is 0.339 e. The highest BCUT2D eigenvalue weighted by Crippen LogP contribution is 2.30. The molecule has 0 saturated carbocycles. The number of rotatable bonds is 9. The molecule has 8 heteroatoms. The molecule has 0 fully saturated rings. The van der Waals surface area contributed by atoms with Gasteiger partial charge >= 0.3 is 11.9 Å². The molecule has 1 heterocycles. The van der Waals surface area contributed by atoms with Gasteiger partial charge in [0.25, 0.3) is 5.91 Å². The Kier molecular flexibility index (Phi) is 8.16. The first kappa shape index (κ1) is 23.2. The predicted octanol–water partition coefficient (Wildman–Crippen LogP) is 4.17. The number of amides is 1. The molecule has 0 atom stereocenters. The van der Waals surface area contributed by atoms with Gasteiger partial charge in [-0.3, -0.25) is 9.59 Å². The van der Waals surface area contributed by atoms with Gasteiger partial charge in [0.1, 0.15) is 0 Å². The third kappa shape index (κ3) is 6.04. The summed E-state index contributed by atoms with van der Waals surface area (Å²) in [6, 6.07) is 16.0. The molecule has 3 aromatic rings. The number of aromatic nitrogens is 1. The van der Waals surface area contributed by atoms with E-state index in [2.05, 4.69) is 10.3 Å². The van der Waals surface area contributed by atoms with Gasteiger partial charge in [-0.05, 0) is 31.5 Å². The minimum Gasteiger partial charge on any atom is -0.466 e. The molecule has 1 amide bonds. The normalized spacial score (nSPS) is 10.6. The number of nitrogens with one attached hydrogen (secondary N) is 1. The number of para-hydroxylation sites is 1. The first-order valence-corrected chi connectivity index (χ1v) is 10.6. The van der Waals surface area contributed by atoms with E-state index in [1.54, 1.807) is 37.3 Å². The highest BCUT2D eigenvalue weighted by molar-refractivity contribution is 6.33. The summed E-state index contributed by atoms with van der Waals surface area (Å²) >= 11 is 6.30. The first-order valence-electron chi connectivity index (χ1n) is 10.2. The topological polar surface area (TPSA) is 94.6 Å². The number of hydrogen-bond donors (Lipinski definition) is 1. The van der Waals surface area contributed by atoms with Crippen molar-refractivity contribution in [1.29, 1.82) is 0 Å². The van der Waals surface area contributed by atoms with Crippen LogP contribution in [0.25, 0.3) is 22.2 Å². The zero-order valence-electron chi connectivity index (χ0n) is 17.6. The molecule has 7 nitrogen and oxygen atoms in total. The molecular weight excluding hydrogens is 432 g/mol. The molecule has 0 spiro atoms. The fraction of sp³-hybridized carbons (Fsp3) is 0.250.